The van der Waals surface area contributed by atoms with Crippen LogP contribution in [0, 0.1) is 13.8 Å². The van der Waals surface area contributed by atoms with Crippen LogP contribution in [0.1, 0.15) is 25.2 Å². The lowest BCUT2D eigenvalue weighted by Crippen LogP contribution is -2.08. The molecule has 3 rings (SSSR count). The SMILES string of the molecule is Cc1n[nH]c(C)c1-c1cnc2c(OC(C)C)nccn12. The van der Waals surface area contributed by atoms with Crippen molar-refractivity contribution >= 4 is 5.65 Å². The van der Waals surface area contributed by atoms with E-state index < -0.39 is 0 Å². The summed E-state index contributed by atoms with van der Waals surface area (Å²) in [5.74, 6) is 0.549. The van der Waals surface area contributed by atoms with Gasteiger partial charge in [-0.3, -0.25) is 9.50 Å². The molecule has 0 aliphatic heterocycles. The van der Waals surface area contributed by atoms with E-state index in [-0.39, 0.29) is 6.10 Å². The summed E-state index contributed by atoms with van der Waals surface area (Å²) in [5.41, 5.74) is 4.75. The number of nitrogens with one attached hydrogen (secondary N) is 1. The first-order valence-corrected chi connectivity index (χ1v) is 6.58. The van der Waals surface area contributed by atoms with Gasteiger partial charge in [-0.2, -0.15) is 5.10 Å². The number of aromatic amines is 1. The Labute approximate surface area is 116 Å². The molecule has 0 saturated carbocycles. The molecule has 0 unspecified atom stereocenters. The third kappa shape index (κ3) is 1.93. The van der Waals surface area contributed by atoms with E-state index in [0.717, 1.165) is 28.3 Å². The predicted molar refractivity (Wildman–Crippen MR) is 75.8 cm³/mol. The minimum Gasteiger partial charge on any atom is -0.472 e. The van der Waals surface area contributed by atoms with Crippen molar-refractivity contribution < 1.29 is 4.74 Å². The van der Waals surface area contributed by atoms with Crippen LogP contribution in [0.2, 0.25) is 0 Å². The first-order valence-electron chi connectivity index (χ1n) is 6.58. The number of imidazole rings is 1. The molecule has 0 spiro atoms. The summed E-state index contributed by atoms with van der Waals surface area (Å²) < 4.78 is 7.68. The van der Waals surface area contributed by atoms with Crippen LogP contribution in [0.25, 0.3) is 16.9 Å². The number of nitrogens with zero attached hydrogens (tertiary/aromatic N) is 4. The summed E-state index contributed by atoms with van der Waals surface area (Å²) in [4.78, 5) is 8.70. The van der Waals surface area contributed by atoms with Crippen molar-refractivity contribution in [2.75, 3.05) is 0 Å². The molecule has 0 fully saturated rings. The Morgan fingerprint density at radius 3 is 2.70 bits per heavy atom. The number of hydrogen-bond donors (Lipinski definition) is 1. The number of aromatic nitrogens is 5. The maximum atomic E-state index is 5.70. The molecule has 6 heteroatoms. The van der Waals surface area contributed by atoms with Gasteiger partial charge >= 0.3 is 0 Å². The molecule has 0 aliphatic carbocycles. The standard InChI is InChI=1S/C14H17N5O/c1-8(2)20-14-13-16-7-11(19(13)6-5-15-14)12-9(3)17-18-10(12)4/h5-8H,1-4H3,(H,17,18). The molecule has 3 aromatic heterocycles. The predicted octanol–water partition coefficient (Wildman–Crippen LogP) is 2.52. The van der Waals surface area contributed by atoms with E-state index in [0.29, 0.717) is 5.88 Å². The highest BCUT2D eigenvalue weighted by Gasteiger charge is 2.16. The van der Waals surface area contributed by atoms with Crippen molar-refractivity contribution in [1.29, 1.82) is 0 Å². The number of fused-ring (bicyclic) bond motifs is 1. The van der Waals surface area contributed by atoms with Gasteiger partial charge in [0.2, 0.25) is 5.65 Å². The Bertz CT molecular complexity index is 737. The van der Waals surface area contributed by atoms with Crippen LogP contribution < -0.4 is 4.74 Å². The molecule has 104 valence electrons. The highest BCUT2D eigenvalue weighted by atomic mass is 16.5. The van der Waals surface area contributed by atoms with Crippen molar-refractivity contribution in [3.05, 3.63) is 30.0 Å². The van der Waals surface area contributed by atoms with E-state index in [9.17, 15) is 0 Å². The highest BCUT2D eigenvalue weighted by molar-refractivity contribution is 5.69. The molecule has 20 heavy (non-hydrogen) atoms. The summed E-state index contributed by atoms with van der Waals surface area (Å²) in [6.45, 7) is 7.92. The molecule has 0 atom stereocenters. The van der Waals surface area contributed by atoms with Gasteiger partial charge in [0.25, 0.3) is 5.88 Å². The van der Waals surface area contributed by atoms with Gasteiger partial charge in [0.05, 0.1) is 23.7 Å². The Morgan fingerprint density at radius 1 is 1.25 bits per heavy atom. The summed E-state index contributed by atoms with van der Waals surface area (Å²) >= 11 is 0. The topological polar surface area (TPSA) is 68.1 Å². The zero-order chi connectivity index (χ0) is 14.3. The normalized spacial score (nSPS) is 11.4. The van der Waals surface area contributed by atoms with Crippen LogP contribution in [0.5, 0.6) is 5.88 Å². The van der Waals surface area contributed by atoms with Crippen LogP contribution in [-0.2, 0) is 0 Å². The third-order valence-electron chi connectivity index (χ3n) is 3.13. The second-order valence-corrected chi connectivity index (χ2v) is 5.05. The second-order valence-electron chi connectivity index (χ2n) is 5.05. The summed E-state index contributed by atoms with van der Waals surface area (Å²) in [5, 5.41) is 7.24. The Kier molecular flexibility index (Phi) is 2.93. The van der Waals surface area contributed by atoms with Gasteiger partial charge in [-0.25, -0.2) is 9.97 Å². The van der Waals surface area contributed by atoms with E-state index >= 15 is 0 Å². The summed E-state index contributed by atoms with van der Waals surface area (Å²) in [7, 11) is 0. The van der Waals surface area contributed by atoms with Gasteiger partial charge < -0.3 is 4.74 Å². The average Bonchev–Trinajstić information content (AvgIpc) is 2.94. The van der Waals surface area contributed by atoms with Crippen molar-refractivity contribution in [3.8, 4) is 17.1 Å². The Hall–Kier alpha value is -2.37. The van der Waals surface area contributed by atoms with Gasteiger partial charge in [-0.15, -0.1) is 0 Å². The maximum Gasteiger partial charge on any atom is 0.258 e. The highest BCUT2D eigenvalue weighted by Crippen LogP contribution is 2.28. The molecule has 3 heterocycles. The van der Waals surface area contributed by atoms with Crippen molar-refractivity contribution in [1.82, 2.24) is 24.6 Å². The fourth-order valence-corrected chi connectivity index (χ4v) is 2.32. The van der Waals surface area contributed by atoms with Crippen LogP contribution in [0.15, 0.2) is 18.6 Å². The minimum absolute atomic E-state index is 0.0613. The second kappa shape index (κ2) is 4.63. The molecular weight excluding hydrogens is 254 g/mol. The largest absolute Gasteiger partial charge is 0.472 e. The smallest absolute Gasteiger partial charge is 0.258 e. The molecule has 0 radical (unpaired) electrons. The molecule has 6 nitrogen and oxygen atoms in total. The number of aryl methyl sites for hydroxylation is 2. The molecule has 3 aromatic rings. The van der Waals surface area contributed by atoms with Gasteiger partial charge in [-0.05, 0) is 27.7 Å². The number of H-pyrrole nitrogens is 1. The van der Waals surface area contributed by atoms with Crippen LogP contribution in [0.3, 0.4) is 0 Å². The molecule has 0 aromatic carbocycles. The van der Waals surface area contributed by atoms with E-state index in [1.165, 1.54) is 0 Å². The van der Waals surface area contributed by atoms with Crippen LogP contribution in [0.4, 0.5) is 0 Å². The first-order chi connectivity index (χ1) is 9.58. The van der Waals surface area contributed by atoms with Gasteiger partial charge in [0, 0.05) is 23.7 Å². The number of hydrogen-bond acceptors (Lipinski definition) is 4. The van der Waals surface area contributed by atoms with E-state index in [4.69, 9.17) is 4.74 Å². The summed E-state index contributed by atoms with van der Waals surface area (Å²) in [6.07, 6.45) is 5.50. The minimum atomic E-state index is 0.0613. The monoisotopic (exact) mass is 271 g/mol. The van der Waals surface area contributed by atoms with Crippen molar-refractivity contribution in [2.24, 2.45) is 0 Å². The fraction of sp³-hybridized carbons (Fsp3) is 0.357. The Balaban J connectivity index is 2.20. The zero-order valence-electron chi connectivity index (χ0n) is 12.0. The summed E-state index contributed by atoms with van der Waals surface area (Å²) in [6, 6.07) is 0. The lowest BCUT2D eigenvalue weighted by molar-refractivity contribution is 0.234. The lowest BCUT2D eigenvalue weighted by Gasteiger charge is -2.09. The molecule has 0 amide bonds. The van der Waals surface area contributed by atoms with Gasteiger partial charge in [0.1, 0.15) is 0 Å². The molecular formula is C14H17N5O. The van der Waals surface area contributed by atoms with E-state index in [2.05, 4.69) is 20.2 Å². The fourth-order valence-electron chi connectivity index (χ4n) is 2.32. The average molecular weight is 271 g/mol. The number of ether oxygens (including phenoxy) is 1. The maximum absolute atomic E-state index is 5.70. The van der Waals surface area contributed by atoms with Gasteiger partial charge in [-0.1, -0.05) is 0 Å². The molecule has 0 aliphatic rings. The third-order valence-corrected chi connectivity index (χ3v) is 3.13. The zero-order valence-corrected chi connectivity index (χ0v) is 12.0. The van der Waals surface area contributed by atoms with Crippen LogP contribution >= 0.6 is 0 Å². The lowest BCUT2D eigenvalue weighted by atomic mass is 10.1. The van der Waals surface area contributed by atoms with Crippen molar-refractivity contribution in [3.63, 3.8) is 0 Å². The van der Waals surface area contributed by atoms with Crippen LogP contribution in [-0.4, -0.2) is 30.7 Å². The Morgan fingerprint density at radius 2 is 2.05 bits per heavy atom. The molecule has 1 N–H and O–H groups in total. The number of rotatable bonds is 3. The van der Waals surface area contributed by atoms with Crippen molar-refractivity contribution in [2.45, 2.75) is 33.8 Å². The van der Waals surface area contributed by atoms with Gasteiger partial charge in [0.15, 0.2) is 0 Å². The first kappa shape index (κ1) is 12.7. The molecule has 0 bridgehead atoms. The van der Waals surface area contributed by atoms with E-state index in [1.54, 1.807) is 6.20 Å². The molecule has 0 saturated heterocycles. The quantitative estimate of drug-likeness (QED) is 0.794. The van der Waals surface area contributed by atoms with E-state index in [1.807, 2.05) is 44.5 Å².